The lowest BCUT2D eigenvalue weighted by Gasteiger charge is -1.91. The quantitative estimate of drug-likeness (QED) is 0.588. The molecule has 10 heavy (non-hydrogen) atoms. The minimum Gasteiger partial charge on any atom is -0.383 e. The lowest BCUT2D eigenvalue weighted by molar-refractivity contribution is 1.20. The third kappa shape index (κ3) is 0.572. The van der Waals surface area contributed by atoms with Crippen molar-refractivity contribution in [2.24, 2.45) is 0 Å². The fourth-order valence-corrected chi connectivity index (χ4v) is 0.692. The summed E-state index contributed by atoms with van der Waals surface area (Å²) in [6.07, 6.45) is -0.573. The molecule has 0 aromatic carbocycles. The number of aromatic nitrogens is 2. The number of imidazole rings is 1. The van der Waals surface area contributed by atoms with Crippen LogP contribution in [0, 0.1) is 0 Å². The summed E-state index contributed by atoms with van der Waals surface area (Å²) in [5.74, 6) is -0.0861. The van der Waals surface area contributed by atoms with Crippen molar-refractivity contribution in [1.29, 1.82) is 0 Å². The molecule has 50 valence electrons. The Hall–Kier alpha value is -1.51. The first kappa shape index (κ1) is 2.27. The molecule has 2 aromatic rings. The molecule has 0 aliphatic rings. The van der Waals surface area contributed by atoms with Gasteiger partial charge in [0.1, 0.15) is 11.5 Å². The first-order valence-corrected chi connectivity index (χ1v) is 2.66. The van der Waals surface area contributed by atoms with Crippen LogP contribution < -0.4 is 5.73 Å². The first-order chi connectivity index (χ1) is 6.95. The molecule has 2 heterocycles. The summed E-state index contributed by atoms with van der Waals surface area (Å²) in [6, 6.07) is -1.06. The first-order valence-electron chi connectivity index (χ1n) is 5.16. The van der Waals surface area contributed by atoms with E-state index in [0.29, 0.717) is 0 Å². The number of hydrogen-bond acceptors (Lipinski definition) is 2. The van der Waals surface area contributed by atoms with Crippen molar-refractivity contribution in [2.75, 3.05) is 5.73 Å². The van der Waals surface area contributed by atoms with Gasteiger partial charge in [-0.05, 0) is 12.1 Å². The molecule has 0 aliphatic carbocycles. The van der Waals surface area contributed by atoms with Gasteiger partial charge in [0.15, 0.2) is 0 Å². The van der Waals surface area contributed by atoms with Gasteiger partial charge in [0, 0.05) is 6.17 Å². The SMILES string of the molecule is [2H]c1nc2c([2H])c([2H])c([2H])c([2H])n2c1N. The highest BCUT2D eigenvalue weighted by Gasteiger charge is 1.93. The zero-order chi connectivity index (χ0) is 11.3. The molecule has 0 amide bonds. The highest BCUT2D eigenvalue weighted by atomic mass is 15.1. The van der Waals surface area contributed by atoms with Gasteiger partial charge >= 0.3 is 0 Å². The lowest BCUT2D eigenvalue weighted by atomic mass is 10.5. The summed E-state index contributed by atoms with van der Waals surface area (Å²) in [5.41, 5.74) is 5.47. The lowest BCUT2D eigenvalue weighted by Crippen LogP contribution is -1.90. The van der Waals surface area contributed by atoms with Crippen LogP contribution in [0.1, 0.15) is 6.85 Å². The summed E-state index contributed by atoms with van der Waals surface area (Å²) in [7, 11) is 0. The second-order valence-corrected chi connectivity index (χ2v) is 1.75. The molecule has 0 radical (unpaired) electrons. The smallest absolute Gasteiger partial charge is 0.138 e. The Morgan fingerprint density at radius 1 is 1.60 bits per heavy atom. The van der Waals surface area contributed by atoms with Crippen LogP contribution in [-0.4, -0.2) is 9.38 Å². The van der Waals surface area contributed by atoms with Gasteiger partial charge in [-0.1, -0.05) is 6.04 Å². The fourth-order valence-electron chi connectivity index (χ4n) is 0.692. The molecule has 0 saturated carbocycles. The Morgan fingerprint density at radius 3 is 3.40 bits per heavy atom. The van der Waals surface area contributed by atoms with Crippen molar-refractivity contribution in [2.45, 2.75) is 0 Å². The molecule has 2 aromatic heterocycles. The van der Waals surface area contributed by atoms with Gasteiger partial charge in [-0.15, -0.1) is 0 Å². The third-order valence-corrected chi connectivity index (χ3v) is 1.13. The maximum atomic E-state index is 7.55. The van der Waals surface area contributed by atoms with Gasteiger partial charge < -0.3 is 5.73 Å². The number of anilines is 1. The predicted molar refractivity (Wildman–Crippen MR) is 39.6 cm³/mol. The molecule has 0 atom stereocenters. The number of rotatable bonds is 0. The van der Waals surface area contributed by atoms with E-state index in [9.17, 15) is 0 Å². The molecule has 3 heteroatoms. The molecular formula is C7H7N3. The van der Waals surface area contributed by atoms with E-state index >= 15 is 0 Å². The van der Waals surface area contributed by atoms with Crippen LogP contribution in [-0.2, 0) is 0 Å². The van der Waals surface area contributed by atoms with Crippen LogP contribution in [0.5, 0.6) is 0 Å². The largest absolute Gasteiger partial charge is 0.383 e. The van der Waals surface area contributed by atoms with Gasteiger partial charge in [-0.2, -0.15) is 0 Å². The Balaban J connectivity index is 3.07. The minimum atomic E-state index is -0.392. The third-order valence-electron chi connectivity index (χ3n) is 1.13. The second kappa shape index (κ2) is 1.73. The molecule has 0 saturated heterocycles. The fraction of sp³-hybridized carbons (Fsp3) is 0. The van der Waals surface area contributed by atoms with Crippen LogP contribution in [0.4, 0.5) is 5.82 Å². The van der Waals surface area contributed by atoms with E-state index in [1.807, 2.05) is 0 Å². The average molecular weight is 138 g/mol. The van der Waals surface area contributed by atoms with E-state index in [0.717, 1.165) is 4.40 Å². The van der Waals surface area contributed by atoms with Gasteiger partial charge in [-0.3, -0.25) is 4.40 Å². The molecule has 0 spiro atoms. The zero-order valence-electron chi connectivity index (χ0n) is 9.97. The number of nitrogen functional groups attached to an aromatic ring is 1. The van der Waals surface area contributed by atoms with E-state index in [1.54, 1.807) is 0 Å². The van der Waals surface area contributed by atoms with Crippen LogP contribution in [0.15, 0.2) is 30.5 Å². The summed E-state index contributed by atoms with van der Waals surface area (Å²) in [5, 5.41) is 0. The molecule has 0 unspecified atom stereocenters. The van der Waals surface area contributed by atoms with Crippen LogP contribution in [0.2, 0.25) is 0 Å². The Morgan fingerprint density at radius 2 is 2.50 bits per heavy atom. The van der Waals surface area contributed by atoms with Gasteiger partial charge in [0.25, 0.3) is 0 Å². The van der Waals surface area contributed by atoms with Gasteiger partial charge in [-0.25, -0.2) is 4.98 Å². The van der Waals surface area contributed by atoms with E-state index in [2.05, 4.69) is 4.98 Å². The van der Waals surface area contributed by atoms with Crippen molar-refractivity contribution in [3.8, 4) is 0 Å². The van der Waals surface area contributed by atoms with Crippen molar-refractivity contribution in [3.05, 3.63) is 30.5 Å². The molecule has 0 aliphatic heterocycles. The minimum absolute atomic E-state index is 0.0245. The highest BCUT2D eigenvalue weighted by molar-refractivity contribution is 5.46. The number of hydrogen-bond donors (Lipinski definition) is 1. The standard InChI is InChI=1S/C7H7N3/c8-6-5-9-7-3-1-2-4-10(6)7/h1-5H,8H2/i1D,2D,3D,4D,5D. The average Bonchev–Trinajstić information content (AvgIpc) is 2.50. The Labute approximate surface area is 65.1 Å². The second-order valence-electron chi connectivity index (χ2n) is 1.75. The van der Waals surface area contributed by atoms with E-state index in [4.69, 9.17) is 12.6 Å². The van der Waals surface area contributed by atoms with Crippen LogP contribution in [0.3, 0.4) is 0 Å². The van der Waals surface area contributed by atoms with Gasteiger partial charge in [0.05, 0.1) is 13.0 Å². The molecular weight excluding hydrogens is 126 g/mol. The highest BCUT2D eigenvalue weighted by Crippen LogP contribution is 2.05. The number of nitrogens with zero attached hydrogens (tertiary/aromatic N) is 2. The van der Waals surface area contributed by atoms with E-state index in [1.165, 1.54) is 0 Å². The molecule has 3 nitrogen and oxygen atoms in total. The van der Waals surface area contributed by atoms with Crippen LogP contribution >= 0.6 is 0 Å². The molecule has 0 fully saturated rings. The van der Waals surface area contributed by atoms with Crippen molar-refractivity contribution < 1.29 is 6.85 Å². The Kier molecular flexibility index (Phi) is 0.393. The normalized spacial score (nSPS) is 17.4. The number of fused-ring (bicyclic) bond motifs is 1. The van der Waals surface area contributed by atoms with Crippen molar-refractivity contribution in [3.63, 3.8) is 0 Å². The summed E-state index contributed by atoms with van der Waals surface area (Å²) in [4.78, 5) is 3.67. The van der Waals surface area contributed by atoms with Crippen molar-refractivity contribution >= 4 is 11.5 Å². The maximum Gasteiger partial charge on any atom is 0.138 e. The molecule has 2 rings (SSSR count). The monoisotopic (exact) mass is 138 g/mol. The summed E-state index contributed by atoms with van der Waals surface area (Å²) >= 11 is 0. The predicted octanol–water partition coefficient (Wildman–Crippen LogP) is 0.916. The summed E-state index contributed by atoms with van der Waals surface area (Å²) in [6.45, 7) is 0. The number of pyridine rings is 1. The topological polar surface area (TPSA) is 43.3 Å². The maximum absolute atomic E-state index is 7.55. The van der Waals surface area contributed by atoms with Crippen molar-refractivity contribution in [1.82, 2.24) is 9.38 Å². The molecule has 2 N–H and O–H groups in total. The van der Waals surface area contributed by atoms with Gasteiger partial charge in [0.2, 0.25) is 0 Å². The van der Waals surface area contributed by atoms with Crippen LogP contribution in [0.25, 0.3) is 5.65 Å². The molecule has 0 bridgehead atoms. The zero-order valence-corrected chi connectivity index (χ0v) is 4.97. The number of nitrogens with two attached hydrogens (primary N) is 1. The van der Waals surface area contributed by atoms with E-state index < -0.39 is 6.04 Å². The summed E-state index contributed by atoms with van der Waals surface area (Å²) < 4.78 is 38.2. The Bertz CT molecular complexity index is 562. The van der Waals surface area contributed by atoms with E-state index in [-0.39, 0.29) is 35.9 Å².